The minimum atomic E-state index is -1.19. The number of nitrogens with one attached hydrogen (secondary N) is 3. The Labute approximate surface area is 194 Å². The van der Waals surface area contributed by atoms with E-state index >= 15 is 0 Å². The maximum Gasteiger partial charge on any atom is 0.326 e. The number of benzene rings is 1. The first-order valence-corrected chi connectivity index (χ1v) is 10.7. The molecule has 34 heavy (non-hydrogen) atoms. The number of anilines is 2. The summed E-state index contributed by atoms with van der Waals surface area (Å²) < 4.78 is 0. The van der Waals surface area contributed by atoms with Crippen molar-refractivity contribution in [2.45, 2.75) is 45.2 Å². The van der Waals surface area contributed by atoms with Gasteiger partial charge in [0.25, 0.3) is 11.5 Å². The van der Waals surface area contributed by atoms with Crippen LogP contribution in [0.2, 0.25) is 0 Å². The van der Waals surface area contributed by atoms with Gasteiger partial charge in [-0.3, -0.25) is 19.4 Å². The molecule has 1 aromatic carbocycles. The maximum atomic E-state index is 12.5. The highest BCUT2D eigenvalue weighted by Gasteiger charge is 2.21. The van der Waals surface area contributed by atoms with Gasteiger partial charge in [-0.05, 0) is 37.1 Å². The van der Waals surface area contributed by atoms with Crippen LogP contribution >= 0.6 is 0 Å². The maximum absolute atomic E-state index is 12.5. The highest BCUT2D eigenvalue weighted by molar-refractivity contribution is 5.97. The Morgan fingerprint density at radius 1 is 1.15 bits per heavy atom. The van der Waals surface area contributed by atoms with E-state index in [-0.39, 0.29) is 47.8 Å². The highest BCUT2D eigenvalue weighted by Crippen LogP contribution is 2.12. The molecule has 1 atom stereocenters. The van der Waals surface area contributed by atoms with Crippen molar-refractivity contribution in [3.05, 3.63) is 52.1 Å². The second kappa shape index (κ2) is 11.0. The second-order valence-corrected chi connectivity index (χ2v) is 7.61. The van der Waals surface area contributed by atoms with Crippen molar-refractivity contribution in [2.24, 2.45) is 0 Å². The summed E-state index contributed by atoms with van der Waals surface area (Å²) >= 11 is 0. The third kappa shape index (κ3) is 6.34. The van der Waals surface area contributed by atoms with Crippen molar-refractivity contribution >= 4 is 40.5 Å². The summed E-state index contributed by atoms with van der Waals surface area (Å²) in [7, 11) is 0. The number of aromatic nitrogens is 4. The lowest BCUT2D eigenvalue weighted by atomic mass is 10.1. The van der Waals surface area contributed by atoms with Crippen molar-refractivity contribution in [1.82, 2.24) is 25.3 Å². The van der Waals surface area contributed by atoms with Crippen LogP contribution in [0, 0.1) is 0 Å². The van der Waals surface area contributed by atoms with Crippen LogP contribution in [0.4, 0.5) is 11.6 Å². The lowest BCUT2D eigenvalue weighted by Gasteiger charge is -2.14. The number of carbonyl (C=O) groups excluding carboxylic acids is 2. The normalized spacial score (nSPS) is 11.7. The quantitative estimate of drug-likeness (QED) is 0.274. The van der Waals surface area contributed by atoms with Gasteiger partial charge in [-0.25, -0.2) is 14.8 Å². The molecule has 0 spiro atoms. The summed E-state index contributed by atoms with van der Waals surface area (Å²) in [6.45, 7) is 2.13. The molecule has 12 heteroatoms. The summed E-state index contributed by atoms with van der Waals surface area (Å²) in [6, 6.07) is 5.24. The van der Waals surface area contributed by atoms with Crippen molar-refractivity contribution < 1.29 is 19.5 Å². The van der Waals surface area contributed by atoms with Gasteiger partial charge in [0.05, 0.1) is 18.4 Å². The number of hydrogen-bond donors (Lipinski definition) is 5. The molecule has 0 bridgehead atoms. The first-order chi connectivity index (χ1) is 16.3. The van der Waals surface area contributed by atoms with Crippen LogP contribution in [-0.2, 0) is 16.1 Å². The predicted octanol–water partition coefficient (Wildman–Crippen LogP) is 1.24. The van der Waals surface area contributed by atoms with Crippen molar-refractivity contribution in [3.63, 3.8) is 0 Å². The van der Waals surface area contributed by atoms with Crippen LogP contribution in [0.15, 0.2) is 35.3 Å². The Morgan fingerprint density at radius 3 is 2.56 bits per heavy atom. The topological polar surface area (TPSA) is 193 Å². The fraction of sp³-hybridized carbons (Fsp3) is 0.318. The van der Waals surface area contributed by atoms with Gasteiger partial charge < -0.3 is 21.5 Å². The molecule has 6 N–H and O–H groups in total. The molecule has 0 fully saturated rings. The number of nitrogens with two attached hydrogens (primary N) is 1. The molecule has 2 heterocycles. The highest BCUT2D eigenvalue weighted by atomic mass is 16.4. The molecule has 0 aliphatic heterocycles. The number of aliphatic carboxylic acids is 1. The Hall–Kier alpha value is -4.35. The zero-order chi connectivity index (χ0) is 24.7. The zero-order valence-corrected chi connectivity index (χ0v) is 18.5. The second-order valence-electron chi connectivity index (χ2n) is 7.61. The van der Waals surface area contributed by atoms with Gasteiger partial charge in [0.15, 0.2) is 11.2 Å². The Kier molecular flexibility index (Phi) is 7.85. The number of H-pyrrole nitrogens is 1. The molecule has 0 saturated heterocycles. The van der Waals surface area contributed by atoms with Gasteiger partial charge in [0.2, 0.25) is 5.95 Å². The number of carboxylic acids is 1. The SMILES string of the molecule is CCCC(=O)CCC(NC(=O)c1ccc(NCc2cnc3nc(N)[nH]c(=O)c3n2)cc1)C(=O)O. The summed E-state index contributed by atoms with van der Waals surface area (Å²) in [5, 5.41) is 14.9. The lowest BCUT2D eigenvalue weighted by molar-refractivity contribution is -0.139. The number of nitrogen functional groups attached to an aromatic ring is 1. The number of hydrogen-bond acceptors (Lipinski definition) is 9. The van der Waals surface area contributed by atoms with Crippen molar-refractivity contribution in [2.75, 3.05) is 11.1 Å². The third-order valence-corrected chi connectivity index (χ3v) is 4.95. The van der Waals surface area contributed by atoms with E-state index < -0.39 is 23.5 Å². The number of aromatic amines is 1. The molecule has 0 aliphatic carbocycles. The van der Waals surface area contributed by atoms with Gasteiger partial charge in [0.1, 0.15) is 11.8 Å². The molecular formula is C22H25N7O5. The van der Waals surface area contributed by atoms with Crippen molar-refractivity contribution in [3.8, 4) is 0 Å². The van der Waals surface area contributed by atoms with Gasteiger partial charge in [-0.15, -0.1) is 0 Å². The molecule has 1 unspecified atom stereocenters. The van der Waals surface area contributed by atoms with E-state index in [4.69, 9.17) is 5.73 Å². The first-order valence-electron chi connectivity index (χ1n) is 10.7. The van der Waals surface area contributed by atoms with E-state index in [2.05, 4.69) is 30.6 Å². The van der Waals surface area contributed by atoms with Gasteiger partial charge in [0, 0.05) is 24.1 Å². The third-order valence-electron chi connectivity index (χ3n) is 4.95. The van der Waals surface area contributed by atoms with Gasteiger partial charge in [-0.2, -0.15) is 4.98 Å². The number of Topliss-reactive ketones (excluding diaryl/α,β-unsaturated/α-hetero) is 1. The van der Waals surface area contributed by atoms with Gasteiger partial charge >= 0.3 is 5.97 Å². The monoisotopic (exact) mass is 467 g/mol. The number of carboxylic acid groups (broad SMARTS) is 1. The molecule has 0 saturated carbocycles. The lowest BCUT2D eigenvalue weighted by Crippen LogP contribution is -2.41. The molecule has 0 radical (unpaired) electrons. The summed E-state index contributed by atoms with van der Waals surface area (Å²) in [6.07, 6.45) is 2.70. The number of amides is 1. The van der Waals surface area contributed by atoms with E-state index in [1.165, 1.54) is 6.20 Å². The molecule has 3 rings (SSSR count). The number of ketones is 1. The molecular weight excluding hydrogens is 442 g/mol. The van der Waals surface area contributed by atoms with Crippen LogP contribution < -0.4 is 21.9 Å². The van der Waals surface area contributed by atoms with E-state index in [1.54, 1.807) is 24.3 Å². The molecule has 0 aliphatic rings. The molecule has 1 amide bonds. The average Bonchev–Trinajstić information content (AvgIpc) is 2.80. The van der Waals surface area contributed by atoms with Crippen LogP contribution in [0.3, 0.4) is 0 Å². The largest absolute Gasteiger partial charge is 0.480 e. The smallest absolute Gasteiger partial charge is 0.326 e. The molecule has 178 valence electrons. The van der Waals surface area contributed by atoms with Crippen LogP contribution in [0.1, 0.15) is 48.7 Å². The number of fused-ring (bicyclic) bond motifs is 1. The number of carbonyl (C=O) groups is 3. The van der Waals surface area contributed by atoms with Crippen LogP contribution in [-0.4, -0.2) is 48.7 Å². The Bertz CT molecular complexity index is 1260. The molecule has 3 aromatic rings. The molecule has 12 nitrogen and oxygen atoms in total. The first kappa shape index (κ1) is 24.3. The Morgan fingerprint density at radius 2 is 1.88 bits per heavy atom. The zero-order valence-electron chi connectivity index (χ0n) is 18.5. The average molecular weight is 467 g/mol. The van der Waals surface area contributed by atoms with Crippen molar-refractivity contribution in [1.29, 1.82) is 0 Å². The summed E-state index contributed by atoms with van der Waals surface area (Å²) in [5.74, 6) is -1.81. The van der Waals surface area contributed by atoms with E-state index in [0.717, 1.165) is 0 Å². The van der Waals surface area contributed by atoms with E-state index in [9.17, 15) is 24.3 Å². The minimum absolute atomic E-state index is 0.0282. The van der Waals surface area contributed by atoms with Crippen LogP contribution in [0.25, 0.3) is 11.2 Å². The van der Waals surface area contributed by atoms with E-state index in [0.29, 0.717) is 24.2 Å². The summed E-state index contributed by atoms with van der Waals surface area (Å²) in [5.41, 5.74) is 6.67. The standard InChI is InChI=1S/C22H25N7O5/c1-2-3-15(30)8-9-16(21(33)34)27-19(31)12-4-6-13(7-5-12)24-10-14-11-25-18-17(26-14)20(32)29-22(23)28-18/h4-7,11,16,24H,2-3,8-10H2,1H3,(H,27,31)(H,33,34)(H3,23,25,28,29,32). The fourth-order valence-electron chi connectivity index (χ4n) is 3.20. The fourth-order valence-corrected chi connectivity index (χ4v) is 3.20. The number of nitrogens with zero attached hydrogens (tertiary/aromatic N) is 3. The minimum Gasteiger partial charge on any atom is -0.480 e. The summed E-state index contributed by atoms with van der Waals surface area (Å²) in [4.78, 5) is 62.2. The van der Waals surface area contributed by atoms with Crippen LogP contribution in [0.5, 0.6) is 0 Å². The predicted molar refractivity (Wildman–Crippen MR) is 124 cm³/mol. The Balaban J connectivity index is 1.59. The molecule has 2 aromatic heterocycles. The number of rotatable bonds is 11. The van der Waals surface area contributed by atoms with E-state index in [1.807, 2.05) is 6.92 Å². The van der Waals surface area contributed by atoms with Gasteiger partial charge in [-0.1, -0.05) is 6.92 Å².